The second kappa shape index (κ2) is 7.90. The van der Waals surface area contributed by atoms with E-state index < -0.39 is 17.8 Å². The van der Waals surface area contributed by atoms with E-state index in [1.54, 1.807) is 32.0 Å². The number of rotatable bonds is 5. The third-order valence-corrected chi connectivity index (χ3v) is 7.25. The number of anilines is 2. The maximum Gasteiger partial charge on any atom is 0.337 e. The summed E-state index contributed by atoms with van der Waals surface area (Å²) in [4.78, 5) is 26.9. The number of nitrogens with one attached hydrogen (secondary N) is 1. The second-order valence-electron chi connectivity index (χ2n) is 9.44. The van der Waals surface area contributed by atoms with Gasteiger partial charge in [-0.3, -0.25) is 4.79 Å². The Morgan fingerprint density at radius 1 is 1.18 bits per heavy atom. The predicted octanol–water partition coefficient (Wildman–Crippen LogP) is 5.49. The number of hydrogen-bond acceptors (Lipinski definition) is 5. The number of aromatic carboxylic acids is 1. The van der Waals surface area contributed by atoms with Crippen LogP contribution in [0.4, 0.5) is 16.0 Å². The fraction of sp³-hybridized carbons (Fsp3) is 0.385. The van der Waals surface area contributed by atoms with Gasteiger partial charge in [0.25, 0.3) is 0 Å². The lowest BCUT2D eigenvalue weighted by atomic mass is 9.93. The van der Waals surface area contributed by atoms with Crippen LogP contribution in [-0.4, -0.2) is 24.2 Å². The van der Waals surface area contributed by atoms with Crippen LogP contribution < -0.4 is 15.6 Å². The van der Waals surface area contributed by atoms with E-state index in [0.29, 0.717) is 33.7 Å². The zero-order valence-electron chi connectivity index (χ0n) is 18.8. The molecule has 1 aromatic heterocycles. The third kappa shape index (κ3) is 3.86. The third-order valence-electron chi connectivity index (χ3n) is 7.25. The van der Waals surface area contributed by atoms with E-state index in [9.17, 15) is 19.1 Å². The molecule has 172 valence electrons. The smallest absolute Gasteiger partial charge is 0.337 e. The lowest BCUT2D eigenvalue weighted by molar-refractivity contribution is 0.0698. The number of carboxylic acids is 1. The van der Waals surface area contributed by atoms with E-state index in [4.69, 9.17) is 4.42 Å². The fourth-order valence-corrected chi connectivity index (χ4v) is 4.96. The summed E-state index contributed by atoms with van der Waals surface area (Å²) in [5.41, 5.74) is 2.08. The van der Waals surface area contributed by atoms with Crippen LogP contribution in [-0.2, 0) is 0 Å². The zero-order chi connectivity index (χ0) is 23.3. The average Bonchev–Trinajstić information content (AvgIpc) is 3.55. The molecular formula is C26H27FN2O4. The predicted molar refractivity (Wildman–Crippen MR) is 126 cm³/mol. The quantitative estimate of drug-likeness (QED) is 0.535. The monoisotopic (exact) mass is 450 g/mol. The van der Waals surface area contributed by atoms with Crippen LogP contribution in [0.15, 0.2) is 45.6 Å². The molecule has 1 saturated heterocycles. The van der Waals surface area contributed by atoms with Crippen molar-refractivity contribution in [3.8, 4) is 0 Å². The van der Waals surface area contributed by atoms with Crippen molar-refractivity contribution < 1.29 is 18.7 Å². The number of fused-ring (bicyclic) bond motifs is 1. The molecule has 0 unspecified atom stereocenters. The first-order valence-electron chi connectivity index (χ1n) is 11.4. The Morgan fingerprint density at radius 3 is 2.55 bits per heavy atom. The van der Waals surface area contributed by atoms with Gasteiger partial charge in [-0.1, -0.05) is 12.1 Å². The van der Waals surface area contributed by atoms with Gasteiger partial charge >= 0.3 is 5.97 Å². The molecule has 3 aromatic rings. The van der Waals surface area contributed by atoms with E-state index >= 15 is 0 Å². The summed E-state index contributed by atoms with van der Waals surface area (Å²) in [7, 11) is 0. The first-order chi connectivity index (χ1) is 15.8. The number of carbonyl (C=O) groups is 1. The molecule has 1 atom stereocenters. The van der Waals surface area contributed by atoms with Gasteiger partial charge in [-0.05, 0) is 69.2 Å². The van der Waals surface area contributed by atoms with Gasteiger partial charge in [-0.15, -0.1) is 0 Å². The summed E-state index contributed by atoms with van der Waals surface area (Å²) < 4.78 is 20.9. The second-order valence-corrected chi connectivity index (χ2v) is 9.44. The molecule has 2 heterocycles. The van der Waals surface area contributed by atoms with Gasteiger partial charge in [0.15, 0.2) is 5.43 Å². The van der Waals surface area contributed by atoms with Crippen LogP contribution in [0.25, 0.3) is 11.0 Å². The van der Waals surface area contributed by atoms with Crippen molar-refractivity contribution in [2.24, 2.45) is 5.41 Å². The van der Waals surface area contributed by atoms with Gasteiger partial charge < -0.3 is 19.7 Å². The summed E-state index contributed by atoms with van der Waals surface area (Å²) >= 11 is 0. The largest absolute Gasteiger partial charge is 0.478 e. The molecule has 7 heteroatoms. The number of piperidine rings is 1. The van der Waals surface area contributed by atoms with Crippen LogP contribution in [0.1, 0.15) is 60.1 Å². The van der Waals surface area contributed by atoms with Gasteiger partial charge in [0, 0.05) is 24.3 Å². The highest BCUT2D eigenvalue weighted by Crippen LogP contribution is 2.54. The van der Waals surface area contributed by atoms with E-state index in [-0.39, 0.29) is 16.4 Å². The SMILES string of the molecule is Cc1c(N2CCC3(CC2)CC3)oc2c([C@@H](C)Nc3ccccc3C(=O)O)cc(F)cc2c1=O. The van der Waals surface area contributed by atoms with Crippen molar-refractivity contribution in [3.05, 3.63) is 69.1 Å². The first-order valence-corrected chi connectivity index (χ1v) is 11.4. The van der Waals surface area contributed by atoms with Crippen molar-refractivity contribution in [3.63, 3.8) is 0 Å². The van der Waals surface area contributed by atoms with Gasteiger partial charge in [0.2, 0.25) is 5.88 Å². The van der Waals surface area contributed by atoms with E-state index in [1.165, 1.54) is 31.0 Å². The Balaban J connectivity index is 1.56. The molecule has 2 aromatic carbocycles. The minimum atomic E-state index is -1.06. The van der Waals surface area contributed by atoms with Crippen molar-refractivity contribution in [2.45, 2.75) is 45.6 Å². The number of nitrogens with zero attached hydrogens (tertiary/aromatic N) is 1. The Hall–Kier alpha value is -3.35. The maximum absolute atomic E-state index is 14.6. The van der Waals surface area contributed by atoms with Crippen LogP contribution in [0.3, 0.4) is 0 Å². The van der Waals surface area contributed by atoms with Crippen LogP contribution in [0.2, 0.25) is 0 Å². The molecule has 0 radical (unpaired) electrons. The number of hydrogen-bond donors (Lipinski definition) is 2. The standard InChI is InChI=1S/C26H27FN2O4/c1-15-22(30)20-14-17(27)13-19(16(2)28-21-6-4-3-5-18(21)25(31)32)23(20)33-24(15)29-11-9-26(7-8-26)10-12-29/h3-6,13-14,16,28H,7-12H2,1-2H3,(H,31,32)/t16-/m1/s1. The number of halogens is 1. The Labute approximate surface area is 191 Å². The molecule has 6 nitrogen and oxygen atoms in total. The summed E-state index contributed by atoms with van der Waals surface area (Å²) in [5, 5.41) is 12.8. The van der Waals surface area contributed by atoms with Crippen LogP contribution >= 0.6 is 0 Å². The number of benzene rings is 2. The van der Waals surface area contributed by atoms with E-state index in [1.807, 2.05) is 0 Å². The minimum Gasteiger partial charge on any atom is -0.478 e. The zero-order valence-corrected chi connectivity index (χ0v) is 18.8. The highest BCUT2D eigenvalue weighted by atomic mass is 19.1. The normalized spacial score (nSPS) is 17.8. The molecule has 0 amide bonds. The van der Waals surface area contributed by atoms with Crippen molar-refractivity contribution >= 4 is 28.5 Å². The molecule has 5 rings (SSSR count). The van der Waals surface area contributed by atoms with Gasteiger partial charge in [0.1, 0.15) is 11.4 Å². The highest BCUT2D eigenvalue weighted by Gasteiger charge is 2.45. The lowest BCUT2D eigenvalue weighted by Gasteiger charge is -2.33. The fourth-order valence-electron chi connectivity index (χ4n) is 4.96. The molecule has 33 heavy (non-hydrogen) atoms. The first kappa shape index (κ1) is 21.5. The van der Waals surface area contributed by atoms with Crippen LogP contribution in [0.5, 0.6) is 0 Å². The molecule has 2 fully saturated rings. The van der Waals surface area contributed by atoms with Gasteiger partial charge in [0.05, 0.1) is 22.6 Å². The molecule has 1 spiro atoms. The highest BCUT2D eigenvalue weighted by molar-refractivity contribution is 5.94. The van der Waals surface area contributed by atoms with Crippen molar-refractivity contribution in [1.82, 2.24) is 0 Å². The molecule has 0 bridgehead atoms. The number of carboxylic acid groups (broad SMARTS) is 1. The molecule has 2 aliphatic rings. The Morgan fingerprint density at radius 2 is 1.88 bits per heavy atom. The van der Waals surface area contributed by atoms with E-state index in [2.05, 4.69) is 10.2 Å². The minimum absolute atomic E-state index is 0.116. The van der Waals surface area contributed by atoms with Crippen molar-refractivity contribution in [1.29, 1.82) is 0 Å². The average molecular weight is 451 g/mol. The molecular weight excluding hydrogens is 423 g/mol. The van der Waals surface area contributed by atoms with Gasteiger partial charge in [-0.25, -0.2) is 9.18 Å². The van der Waals surface area contributed by atoms with E-state index in [0.717, 1.165) is 25.9 Å². The Bertz CT molecular complexity index is 1300. The summed E-state index contributed by atoms with van der Waals surface area (Å²) in [5.74, 6) is -1.04. The summed E-state index contributed by atoms with van der Waals surface area (Å²) in [6.45, 7) is 5.21. The lowest BCUT2D eigenvalue weighted by Crippen LogP contribution is -2.35. The molecule has 1 aliphatic carbocycles. The summed E-state index contributed by atoms with van der Waals surface area (Å²) in [6.07, 6.45) is 4.75. The summed E-state index contributed by atoms with van der Waals surface area (Å²) in [6, 6.07) is 8.61. The maximum atomic E-state index is 14.6. The molecule has 1 saturated carbocycles. The topological polar surface area (TPSA) is 82.8 Å². The van der Waals surface area contributed by atoms with Crippen molar-refractivity contribution in [2.75, 3.05) is 23.3 Å². The molecule has 2 N–H and O–H groups in total. The van der Waals surface area contributed by atoms with Crippen LogP contribution in [0, 0.1) is 18.2 Å². The molecule has 1 aliphatic heterocycles. The number of para-hydroxylation sites is 1. The Kier molecular flexibility index (Phi) is 5.15. The van der Waals surface area contributed by atoms with Gasteiger partial charge in [-0.2, -0.15) is 0 Å².